The first-order valence-electron chi connectivity index (χ1n) is 13.2. The molecule has 39 heavy (non-hydrogen) atoms. The summed E-state index contributed by atoms with van der Waals surface area (Å²) in [6.45, 7) is 2.41. The highest BCUT2D eigenvalue weighted by atomic mass is 16.5. The molecule has 8 nitrogen and oxygen atoms in total. The molecule has 0 aliphatic heterocycles. The van der Waals surface area contributed by atoms with Gasteiger partial charge in [-0.15, -0.1) is 0 Å². The molecule has 3 aromatic carbocycles. The predicted molar refractivity (Wildman–Crippen MR) is 150 cm³/mol. The van der Waals surface area contributed by atoms with Gasteiger partial charge < -0.3 is 20.5 Å². The molecule has 4 aromatic rings. The topological polar surface area (TPSA) is 105 Å². The maximum absolute atomic E-state index is 13.2. The summed E-state index contributed by atoms with van der Waals surface area (Å²) in [5.74, 6) is 0.757. The van der Waals surface area contributed by atoms with E-state index < -0.39 is 0 Å². The van der Waals surface area contributed by atoms with Crippen molar-refractivity contribution >= 4 is 17.6 Å². The van der Waals surface area contributed by atoms with E-state index in [1.807, 2.05) is 42.5 Å². The molecule has 2 amide bonds. The smallest absolute Gasteiger partial charge is 0.342 e. The molecule has 1 fully saturated rings. The van der Waals surface area contributed by atoms with E-state index in [1.54, 1.807) is 31.4 Å². The summed E-state index contributed by atoms with van der Waals surface area (Å²) in [4.78, 5) is 26.0. The van der Waals surface area contributed by atoms with Crippen molar-refractivity contribution in [3.8, 4) is 22.8 Å². The fourth-order valence-electron chi connectivity index (χ4n) is 4.59. The number of methoxy groups -OCH3 is 1. The third-order valence-corrected chi connectivity index (χ3v) is 7.21. The third-order valence-electron chi connectivity index (χ3n) is 7.21. The Morgan fingerprint density at radius 1 is 1.00 bits per heavy atom. The summed E-state index contributed by atoms with van der Waals surface area (Å²) in [5, 5.41) is 21.1. The van der Waals surface area contributed by atoms with E-state index in [0.29, 0.717) is 29.1 Å². The van der Waals surface area contributed by atoms with Crippen molar-refractivity contribution in [1.82, 2.24) is 15.1 Å². The van der Waals surface area contributed by atoms with Crippen molar-refractivity contribution in [2.45, 2.75) is 45.1 Å². The van der Waals surface area contributed by atoms with Gasteiger partial charge in [0.15, 0.2) is 0 Å². The monoisotopic (exact) mass is 524 g/mol. The summed E-state index contributed by atoms with van der Waals surface area (Å²) in [6, 6.07) is 21.3. The van der Waals surface area contributed by atoms with Gasteiger partial charge in [0.2, 0.25) is 0 Å². The average Bonchev–Trinajstić information content (AvgIpc) is 3.36. The molecule has 0 atom stereocenters. The first kappa shape index (κ1) is 26.0. The summed E-state index contributed by atoms with van der Waals surface area (Å²) in [5.41, 5.74) is 4.89. The van der Waals surface area contributed by atoms with E-state index in [-0.39, 0.29) is 23.6 Å². The van der Waals surface area contributed by atoms with Gasteiger partial charge in [0.05, 0.1) is 18.5 Å². The van der Waals surface area contributed by atoms with E-state index in [1.165, 1.54) is 10.7 Å². The van der Waals surface area contributed by atoms with Crippen LogP contribution in [-0.2, 0) is 13.0 Å². The fraction of sp³-hybridized carbons (Fsp3) is 0.258. The van der Waals surface area contributed by atoms with Crippen LogP contribution >= 0.6 is 0 Å². The molecule has 1 aromatic heterocycles. The zero-order valence-electron chi connectivity index (χ0n) is 22.1. The Balaban J connectivity index is 1.37. The predicted octanol–water partition coefficient (Wildman–Crippen LogP) is 6.10. The van der Waals surface area contributed by atoms with Crippen LogP contribution in [0.2, 0.25) is 0 Å². The lowest BCUT2D eigenvalue weighted by atomic mass is 9.82. The second-order valence-electron chi connectivity index (χ2n) is 9.74. The lowest BCUT2D eigenvalue weighted by Gasteiger charge is -2.25. The Morgan fingerprint density at radius 2 is 1.72 bits per heavy atom. The number of aromatic nitrogens is 2. The molecular weight excluding hydrogens is 492 g/mol. The van der Waals surface area contributed by atoms with Crippen LogP contribution in [0.15, 0.2) is 72.8 Å². The summed E-state index contributed by atoms with van der Waals surface area (Å²) < 4.78 is 6.60. The van der Waals surface area contributed by atoms with Crippen molar-refractivity contribution < 1.29 is 19.4 Å². The Morgan fingerprint density at radius 3 is 2.36 bits per heavy atom. The fourth-order valence-corrected chi connectivity index (χ4v) is 4.59. The molecule has 0 saturated heterocycles. The molecule has 1 saturated carbocycles. The average molecular weight is 525 g/mol. The van der Waals surface area contributed by atoms with E-state index in [9.17, 15) is 14.7 Å². The van der Waals surface area contributed by atoms with Crippen LogP contribution in [0, 0.1) is 0 Å². The molecule has 0 spiro atoms. The largest absolute Gasteiger partial charge is 0.507 e. The SMILES string of the molecule is CCc1ccc(C(=O)Nc2ccc(O)c(-c3cc(C4CCC4)n(C(=O)NCc4ccc(OC)cc4)n3)c2)cc1. The van der Waals surface area contributed by atoms with Crippen LogP contribution in [0.1, 0.15) is 59.3 Å². The second-order valence-corrected chi connectivity index (χ2v) is 9.74. The van der Waals surface area contributed by atoms with E-state index in [4.69, 9.17) is 4.74 Å². The van der Waals surface area contributed by atoms with Gasteiger partial charge in [0.1, 0.15) is 11.5 Å². The minimum Gasteiger partial charge on any atom is -0.507 e. The van der Waals surface area contributed by atoms with Crippen molar-refractivity contribution in [2.75, 3.05) is 12.4 Å². The number of nitrogens with zero attached hydrogens (tertiary/aromatic N) is 2. The number of phenols is 1. The van der Waals surface area contributed by atoms with Crippen molar-refractivity contribution in [3.05, 3.63) is 95.2 Å². The Labute approximate surface area is 227 Å². The number of phenolic OH excluding ortho intramolecular Hbond substituents is 1. The first-order chi connectivity index (χ1) is 18.9. The van der Waals surface area contributed by atoms with Gasteiger partial charge >= 0.3 is 6.03 Å². The number of aryl methyl sites for hydroxylation is 1. The summed E-state index contributed by atoms with van der Waals surface area (Å²) >= 11 is 0. The first-order valence-corrected chi connectivity index (χ1v) is 13.2. The van der Waals surface area contributed by atoms with Gasteiger partial charge in [0, 0.05) is 29.3 Å². The van der Waals surface area contributed by atoms with Gasteiger partial charge in [-0.05, 0) is 78.9 Å². The van der Waals surface area contributed by atoms with Crippen molar-refractivity contribution in [2.24, 2.45) is 0 Å². The lowest BCUT2D eigenvalue weighted by Crippen LogP contribution is -2.31. The highest BCUT2D eigenvalue weighted by Crippen LogP contribution is 2.39. The number of rotatable bonds is 8. The number of aromatic hydroxyl groups is 1. The molecule has 1 aliphatic carbocycles. The maximum Gasteiger partial charge on any atom is 0.342 e. The molecule has 8 heteroatoms. The van der Waals surface area contributed by atoms with Gasteiger partial charge in [0.25, 0.3) is 5.91 Å². The van der Waals surface area contributed by atoms with Crippen LogP contribution in [0.3, 0.4) is 0 Å². The standard InChI is InChI=1S/C31H32N4O4/c1-3-20-7-11-23(12-8-20)30(37)33-24-13-16-29(36)26(17-24)27-18-28(22-5-4-6-22)35(34-27)31(38)32-19-21-9-14-25(39-2)15-10-21/h7-18,22,36H,3-6,19H2,1-2H3,(H,32,38)(H,33,37). The van der Waals surface area contributed by atoms with Gasteiger partial charge in [-0.1, -0.05) is 37.6 Å². The molecular formula is C31H32N4O4. The molecule has 0 radical (unpaired) electrons. The normalized spacial score (nSPS) is 13.0. The second kappa shape index (κ2) is 11.4. The number of benzene rings is 3. The molecule has 1 aliphatic rings. The zero-order valence-corrected chi connectivity index (χ0v) is 22.1. The lowest BCUT2D eigenvalue weighted by molar-refractivity contribution is 0.102. The Bertz CT molecular complexity index is 1470. The minimum absolute atomic E-state index is 0.0174. The van der Waals surface area contributed by atoms with Crippen LogP contribution in [0.4, 0.5) is 10.5 Å². The van der Waals surface area contributed by atoms with Gasteiger partial charge in [-0.2, -0.15) is 9.78 Å². The number of ether oxygens (including phenoxy) is 1. The number of amides is 2. The third kappa shape index (κ3) is 5.80. The quantitative estimate of drug-likeness (QED) is 0.241. The molecule has 1 heterocycles. The number of carbonyl (C=O) groups excluding carboxylic acids is 2. The molecule has 5 rings (SSSR count). The van der Waals surface area contributed by atoms with E-state index in [2.05, 4.69) is 22.7 Å². The Kier molecular flexibility index (Phi) is 7.63. The highest BCUT2D eigenvalue weighted by Gasteiger charge is 2.27. The van der Waals surface area contributed by atoms with Crippen LogP contribution in [0.5, 0.6) is 11.5 Å². The maximum atomic E-state index is 13.2. The van der Waals surface area contributed by atoms with Crippen LogP contribution < -0.4 is 15.4 Å². The molecule has 0 bridgehead atoms. The number of hydrogen-bond donors (Lipinski definition) is 3. The van der Waals surface area contributed by atoms with Crippen molar-refractivity contribution in [1.29, 1.82) is 0 Å². The highest BCUT2D eigenvalue weighted by molar-refractivity contribution is 6.04. The van der Waals surface area contributed by atoms with Crippen LogP contribution in [0.25, 0.3) is 11.3 Å². The minimum atomic E-state index is -0.335. The summed E-state index contributed by atoms with van der Waals surface area (Å²) in [7, 11) is 1.61. The van der Waals surface area contributed by atoms with Crippen molar-refractivity contribution in [3.63, 3.8) is 0 Å². The number of nitrogens with one attached hydrogen (secondary N) is 2. The molecule has 0 unspecified atom stereocenters. The summed E-state index contributed by atoms with van der Waals surface area (Å²) in [6.07, 6.45) is 3.97. The van der Waals surface area contributed by atoms with E-state index >= 15 is 0 Å². The van der Waals surface area contributed by atoms with Crippen LogP contribution in [-0.4, -0.2) is 33.9 Å². The zero-order chi connectivity index (χ0) is 27.4. The van der Waals surface area contributed by atoms with Gasteiger partial charge in [-0.3, -0.25) is 4.79 Å². The molecule has 3 N–H and O–H groups in total. The Hall–Kier alpha value is -4.59. The van der Waals surface area contributed by atoms with Gasteiger partial charge in [-0.25, -0.2) is 4.79 Å². The van der Waals surface area contributed by atoms with E-state index in [0.717, 1.165) is 48.3 Å². The number of hydrogen-bond acceptors (Lipinski definition) is 5. The number of carbonyl (C=O) groups is 2. The number of anilines is 1. The molecule has 200 valence electrons.